The smallest absolute Gasteiger partial charge is 0.266 e. The third-order valence-electron chi connectivity index (χ3n) is 3.72. The Morgan fingerprint density at radius 1 is 0.864 bits per heavy atom. The van der Waals surface area contributed by atoms with Crippen molar-refractivity contribution in [3.8, 4) is 0 Å². The van der Waals surface area contributed by atoms with Crippen LogP contribution in [-0.4, -0.2) is 16.8 Å². The first-order valence-electron chi connectivity index (χ1n) is 6.68. The van der Waals surface area contributed by atoms with Crippen molar-refractivity contribution < 1.29 is 9.59 Å². The van der Waals surface area contributed by atoms with Gasteiger partial charge in [-0.25, -0.2) is 9.88 Å². The Kier molecular flexibility index (Phi) is 2.74. The highest BCUT2D eigenvalue weighted by atomic mass is 35.5. The number of aromatic nitrogens is 1. The van der Waals surface area contributed by atoms with Crippen LogP contribution in [0.5, 0.6) is 0 Å². The molecule has 0 radical (unpaired) electrons. The molecule has 1 aliphatic heterocycles. The third kappa shape index (κ3) is 1.81. The summed E-state index contributed by atoms with van der Waals surface area (Å²) < 4.78 is 0. The van der Waals surface area contributed by atoms with Crippen molar-refractivity contribution in [1.29, 1.82) is 0 Å². The van der Waals surface area contributed by atoms with Crippen LogP contribution in [0.4, 0.5) is 5.69 Å². The number of carbonyl (C=O) groups is 2. The molecule has 1 aromatic heterocycles. The van der Waals surface area contributed by atoms with Crippen LogP contribution in [0.25, 0.3) is 10.8 Å². The summed E-state index contributed by atoms with van der Waals surface area (Å²) in [6, 6.07) is 13.9. The van der Waals surface area contributed by atoms with E-state index in [0.717, 1.165) is 10.8 Å². The van der Waals surface area contributed by atoms with Gasteiger partial charge in [-0.3, -0.25) is 9.59 Å². The van der Waals surface area contributed by atoms with Crippen LogP contribution in [0.3, 0.4) is 0 Å². The van der Waals surface area contributed by atoms with E-state index in [1.54, 1.807) is 48.7 Å². The molecule has 4 rings (SSSR count). The van der Waals surface area contributed by atoms with Crippen molar-refractivity contribution in [1.82, 2.24) is 4.98 Å². The van der Waals surface area contributed by atoms with Crippen LogP contribution in [0.1, 0.15) is 20.7 Å². The van der Waals surface area contributed by atoms with Crippen molar-refractivity contribution in [2.75, 3.05) is 4.90 Å². The number of hydrogen-bond acceptors (Lipinski definition) is 3. The van der Waals surface area contributed by atoms with Crippen LogP contribution in [-0.2, 0) is 0 Å². The number of fused-ring (bicyclic) bond motifs is 2. The maximum atomic E-state index is 12.5. The van der Waals surface area contributed by atoms with E-state index < -0.39 is 0 Å². The number of halogens is 1. The number of benzene rings is 2. The van der Waals surface area contributed by atoms with Crippen LogP contribution in [0, 0.1) is 0 Å². The van der Waals surface area contributed by atoms with Gasteiger partial charge in [0, 0.05) is 11.6 Å². The molecular weight excluding hydrogens is 300 g/mol. The molecule has 22 heavy (non-hydrogen) atoms. The Labute approximate surface area is 131 Å². The van der Waals surface area contributed by atoms with Crippen LogP contribution < -0.4 is 4.90 Å². The summed E-state index contributed by atoms with van der Waals surface area (Å²) in [5.74, 6) is -0.611. The predicted molar refractivity (Wildman–Crippen MR) is 84.3 cm³/mol. The first kappa shape index (κ1) is 13.0. The second kappa shape index (κ2) is 4.64. The van der Waals surface area contributed by atoms with E-state index in [1.807, 2.05) is 6.07 Å². The van der Waals surface area contributed by atoms with Crippen molar-refractivity contribution in [2.45, 2.75) is 0 Å². The minimum atomic E-state index is -0.305. The molecule has 2 aromatic carbocycles. The molecule has 0 fully saturated rings. The normalized spacial score (nSPS) is 13.8. The first-order valence-corrected chi connectivity index (χ1v) is 7.06. The first-order chi connectivity index (χ1) is 10.6. The number of amides is 2. The van der Waals surface area contributed by atoms with Gasteiger partial charge in [-0.1, -0.05) is 29.8 Å². The Hall–Kier alpha value is -2.72. The average Bonchev–Trinajstić information content (AvgIpc) is 2.79. The molecule has 5 heteroatoms. The summed E-state index contributed by atoms with van der Waals surface area (Å²) in [5.41, 5.74) is 1.39. The number of carbonyl (C=O) groups excluding carboxylic acids is 2. The molecule has 0 N–H and O–H groups in total. The maximum Gasteiger partial charge on any atom is 0.266 e. The Bertz CT molecular complexity index is 917. The molecule has 1 aliphatic rings. The van der Waals surface area contributed by atoms with E-state index in [9.17, 15) is 9.59 Å². The lowest BCUT2D eigenvalue weighted by Crippen LogP contribution is -2.29. The Balaban J connectivity index is 1.86. The number of rotatable bonds is 1. The molecule has 0 saturated heterocycles. The van der Waals surface area contributed by atoms with Gasteiger partial charge >= 0.3 is 0 Å². The molecule has 0 spiro atoms. The number of anilines is 1. The molecule has 3 aromatic rings. The fraction of sp³-hybridized carbons (Fsp3) is 0. The Morgan fingerprint density at radius 3 is 2.23 bits per heavy atom. The highest BCUT2D eigenvalue weighted by Gasteiger charge is 2.36. The van der Waals surface area contributed by atoms with Gasteiger partial charge in [0.25, 0.3) is 11.8 Å². The number of hydrogen-bond donors (Lipinski definition) is 0. The third-order valence-corrected chi connectivity index (χ3v) is 3.93. The summed E-state index contributed by atoms with van der Waals surface area (Å²) >= 11 is 5.90. The van der Waals surface area contributed by atoms with Gasteiger partial charge in [0.05, 0.1) is 16.8 Å². The van der Waals surface area contributed by atoms with Gasteiger partial charge in [-0.15, -0.1) is 0 Å². The quantitative estimate of drug-likeness (QED) is 0.509. The van der Waals surface area contributed by atoms with Gasteiger partial charge in [0.2, 0.25) is 0 Å². The molecule has 0 unspecified atom stereocenters. The van der Waals surface area contributed by atoms with Crippen LogP contribution in [0.2, 0.25) is 5.15 Å². The fourth-order valence-electron chi connectivity index (χ4n) is 2.66. The lowest BCUT2D eigenvalue weighted by atomic mass is 10.1. The molecule has 2 amide bonds. The predicted octanol–water partition coefficient (Wildman–Crippen LogP) is 3.69. The van der Waals surface area contributed by atoms with E-state index in [1.165, 1.54) is 4.90 Å². The zero-order valence-electron chi connectivity index (χ0n) is 11.3. The summed E-state index contributed by atoms with van der Waals surface area (Å²) in [5, 5.41) is 2.09. The van der Waals surface area contributed by atoms with Gasteiger partial charge < -0.3 is 0 Å². The summed E-state index contributed by atoms with van der Waals surface area (Å²) in [6.07, 6.45) is 1.66. The zero-order valence-corrected chi connectivity index (χ0v) is 12.0. The topological polar surface area (TPSA) is 50.3 Å². The second-order valence-corrected chi connectivity index (χ2v) is 5.42. The number of imide groups is 1. The summed E-state index contributed by atoms with van der Waals surface area (Å²) in [6.45, 7) is 0. The molecule has 4 nitrogen and oxygen atoms in total. The molecule has 106 valence electrons. The molecule has 0 bridgehead atoms. The summed E-state index contributed by atoms with van der Waals surface area (Å²) in [4.78, 5) is 30.2. The maximum absolute atomic E-state index is 12.5. The standard InChI is InChI=1S/C17H9ClN2O2/c18-15-8-11-7-12(6-5-10(11)9-19-15)20-16(21)13-3-1-2-4-14(13)17(20)22/h1-9H. The second-order valence-electron chi connectivity index (χ2n) is 5.03. The van der Waals surface area contributed by atoms with E-state index >= 15 is 0 Å². The minimum Gasteiger partial charge on any atom is -0.268 e. The van der Waals surface area contributed by atoms with Crippen molar-refractivity contribution in [3.63, 3.8) is 0 Å². The lowest BCUT2D eigenvalue weighted by molar-refractivity contribution is 0.0926. The van der Waals surface area contributed by atoms with E-state index in [2.05, 4.69) is 4.98 Å². The molecule has 0 saturated carbocycles. The van der Waals surface area contributed by atoms with Crippen molar-refractivity contribution in [3.05, 3.63) is 71.0 Å². The minimum absolute atomic E-state index is 0.305. The molecule has 0 aliphatic carbocycles. The SMILES string of the molecule is O=C1c2ccccc2C(=O)N1c1ccc2cnc(Cl)cc2c1. The zero-order chi connectivity index (χ0) is 15.3. The Morgan fingerprint density at radius 2 is 1.55 bits per heavy atom. The van der Waals surface area contributed by atoms with Gasteiger partial charge in [0.1, 0.15) is 5.15 Å². The van der Waals surface area contributed by atoms with E-state index in [-0.39, 0.29) is 11.8 Å². The molecule has 0 atom stereocenters. The molecule has 2 heterocycles. The number of pyridine rings is 1. The van der Waals surface area contributed by atoms with E-state index in [4.69, 9.17) is 11.6 Å². The van der Waals surface area contributed by atoms with Gasteiger partial charge in [0.15, 0.2) is 0 Å². The van der Waals surface area contributed by atoms with Gasteiger partial charge in [-0.05, 0) is 35.7 Å². The average molecular weight is 309 g/mol. The number of nitrogens with zero attached hydrogens (tertiary/aromatic N) is 2. The van der Waals surface area contributed by atoms with Crippen LogP contribution >= 0.6 is 11.6 Å². The molecular formula is C17H9ClN2O2. The van der Waals surface area contributed by atoms with Crippen molar-refractivity contribution in [2.24, 2.45) is 0 Å². The highest BCUT2D eigenvalue weighted by molar-refractivity contribution is 6.34. The van der Waals surface area contributed by atoms with E-state index in [0.29, 0.717) is 22.0 Å². The monoisotopic (exact) mass is 308 g/mol. The fourth-order valence-corrected chi connectivity index (χ4v) is 2.83. The van der Waals surface area contributed by atoms with Crippen molar-refractivity contribution >= 4 is 39.9 Å². The lowest BCUT2D eigenvalue weighted by Gasteiger charge is -2.14. The largest absolute Gasteiger partial charge is 0.268 e. The van der Waals surface area contributed by atoms with Gasteiger partial charge in [-0.2, -0.15) is 0 Å². The van der Waals surface area contributed by atoms with Crippen LogP contribution in [0.15, 0.2) is 54.7 Å². The summed E-state index contributed by atoms with van der Waals surface area (Å²) in [7, 11) is 0. The highest BCUT2D eigenvalue weighted by Crippen LogP contribution is 2.30.